The summed E-state index contributed by atoms with van der Waals surface area (Å²) in [6.07, 6.45) is 0. The molecule has 5 heteroatoms. The normalized spacial score (nSPS) is 11.2. The van der Waals surface area contributed by atoms with Gasteiger partial charge in [-0.3, -0.25) is 10.3 Å². The Bertz CT molecular complexity index is 421. The second-order valence-electron chi connectivity index (χ2n) is 4.51. The first kappa shape index (κ1) is 15.0. The molecule has 1 rings (SSSR count). The van der Waals surface area contributed by atoms with Gasteiger partial charge in [-0.25, -0.2) is 0 Å². The second kappa shape index (κ2) is 6.73. The van der Waals surface area contributed by atoms with Gasteiger partial charge in [0.15, 0.2) is 0 Å². The van der Waals surface area contributed by atoms with E-state index in [9.17, 15) is 0 Å². The van der Waals surface area contributed by atoms with Crippen molar-refractivity contribution in [3.05, 3.63) is 34.3 Å². The number of aliphatic hydroxyl groups is 1. The molecule has 0 amide bonds. The van der Waals surface area contributed by atoms with Crippen molar-refractivity contribution in [2.75, 3.05) is 13.2 Å². The zero-order valence-electron chi connectivity index (χ0n) is 10.8. The molecule has 18 heavy (non-hydrogen) atoms. The first-order chi connectivity index (χ1) is 8.45. The summed E-state index contributed by atoms with van der Waals surface area (Å²) >= 11 is 6.18. The van der Waals surface area contributed by atoms with Crippen LogP contribution in [0.15, 0.2) is 18.2 Å². The minimum atomic E-state index is 0.0134. The minimum Gasteiger partial charge on any atom is -0.395 e. The summed E-state index contributed by atoms with van der Waals surface area (Å²) in [4.78, 5) is 2.13. The molecule has 1 aromatic rings. The van der Waals surface area contributed by atoms with Crippen LogP contribution in [0.1, 0.15) is 25.0 Å². The molecular weight excluding hydrogens is 250 g/mol. The van der Waals surface area contributed by atoms with E-state index in [4.69, 9.17) is 27.9 Å². The standard InChI is InChI=1S/C13H20ClN3O/c1-9(2)17(5-6-18)8-11-4-3-10(13(15)16)7-12(11)14/h3-4,7,9,18H,5-6,8H2,1-2H3,(H3,15,16). The Morgan fingerprint density at radius 3 is 2.61 bits per heavy atom. The Balaban J connectivity index is 2.86. The van der Waals surface area contributed by atoms with Crippen LogP contribution in [-0.2, 0) is 6.54 Å². The fraction of sp³-hybridized carbons (Fsp3) is 0.462. The quantitative estimate of drug-likeness (QED) is 0.545. The van der Waals surface area contributed by atoms with Crippen molar-refractivity contribution in [2.45, 2.75) is 26.4 Å². The van der Waals surface area contributed by atoms with E-state index >= 15 is 0 Å². The highest BCUT2D eigenvalue weighted by Crippen LogP contribution is 2.20. The van der Waals surface area contributed by atoms with Crippen LogP contribution in [0.25, 0.3) is 0 Å². The monoisotopic (exact) mass is 269 g/mol. The highest BCUT2D eigenvalue weighted by atomic mass is 35.5. The van der Waals surface area contributed by atoms with E-state index in [2.05, 4.69) is 18.7 Å². The molecule has 0 bridgehead atoms. The third-order valence-electron chi connectivity index (χ3n) is 2.86. The summed E-state index contributed by atoms with van der Waals surface area (Å²) in [6.45, 7) is 5.57. The largest absolute Gasteiger partial charge is 0.395 e. The zero-order valence-corrected chi connectivity index (χ0v) is 11.5. The number of amidine groups is 1. The van der Waals surface area contributed by atoms with E-state index in [1.54, 1.807) is 12.1 Å². The maximum Gasteiger partial charge on any atom is 0.122 e. The molecule has 0 radical (unpaired) electrons. The molecule has 0 aromatic heterocycles. The first-order valence-electron chi connectivity index (χ1n) is 5.93. The maximum absolute atomic E-state index is 9.03. The Hall–Kier alpha value is -1.10. The summed E-state index contributed by atoms with van der Waals surface area (Å²) in [5.74, 6) is 0.0134. The number of benzene rings is 1. The Labute approximate surface area is 113 Å². The Morgan fingerprint density at radius 2 is 2.17 bits per heavy atom. The molecule has 4 N–H and O–H groups in total. The van der Waals surface area contributed by atoms with Gasteiger partial charge < -0.3 is 10.8 Å². The van der Waals surface area contributed by atoms with E-state index < -0.39 is 0 Å². The molecule has 0 unspecified atom stereocenters. The molecule has 100 valence electrons. The van der Waals surface area contributed by atoms with Crippen molar-refractivity contribution >= 4 is 17.4 Å². The van der Waals surface area contributed by atoms with Gasteiger partial charge in [-0.15, -0.1) is 0 Å². The molecular formula is C13H20ClN3O. The molecule has 0 aliphatic rings. The van der Waals surface area contributed by atoms with Crippen molar-refractivity contribution in [3.8, 4) is 0 Å². The van der Waals surface area contributed by atoms with Gasteiger partial charge in [-0.1, -0.05) is 23.7 Å². The molecule has 4 nitrogen and oxygen atoms in total. The lowest BCUT2D eigenvalue weighted by Crippen LogP contribution is -2.33. The summed E-state index contributed by atoms with van der Waals surface area (Å²) in [6, 6.07) is 5.71. The number of aliphatic hydroxyl groups excluding tert-OH is 1. The van der Waals surface area contributed by atoms with Crippen molar-refractivity contribution in [1.82, 2.24) is 4.90 Å². The lowest BCUT2D eigenvalue weighted by Gasteiger charge is -2.26. The highest BCUT2D eigenvalue weighted by molar-refractivity contribution is 6.31. The maximum atomic E-state index is 9.03. The van der Waals surface area contributed by atoms with Crippen LogP contribution in [0.4, 0.5) is 0 Å². The van der Waals surface area contributed by atoms with Crippen LogP contribution in [0.2, 0.25) is 5.02 Å². The topological polar surface area (TPSA) is 73.3 Å². The average Bonchev–Trinajstić information content (AvgIpc) is 2.30. The SMILES string of the molecule is CC(C)N(CCO)Cc1ccc(C(=N)N)cc1Cl. The van der Waals surface area contributed by atoms with Crippen LogP contribution < -0.4 is 5.73 Å². The number of halogens is 1. The van der Waals surface area contributed by atoms with Gasteiger partial charge in [0.25, 0.3) is 0 Å². The Kier molecular flexibility index (Phi) is 5.59. The fourth-order valence-electron chi connectivity index (χ4n) is 1.71. The molecule has 0 spiro atoms. The number of nitrogens with two attached hydrogens (primary N) is 1. The predicted molar refractivity (Wildman–Crippen MR) is 75.1 cm³/mol. The predicted octanol–water partition coefficient (Wildman–Crippen LogP) is 1.83. The van der Waals surface area contributed by atoms with Crippen molar-refractivity contribution < 1.29 is 5.11 Å². The summed E-state index contributed by atoms with van der Waals surface area (Å²) in [5, 5.41) is 17.0. The zero-order chi connectivity index (χ0) is 13.7. The average molecular weight is 270 g/mol. The number of nitrogens with zero attached hydrogens (tertiary/aromatic N) is 1. The van der Waals surface area contributed by atoms with Crippen LogP contribution >= 0.6 is 11.6 Å². The molecule has 0 fully saturated rings. The molecule has 0 saturated heterocycles. The number of rotatable bonds is 6. The van der Waals surface area contributed by atoms with Gasteiger partial charge in [0.1, 0.15) is 5.84 Å². The number of hydrogen-bond donors (Lipinski definition) is 3. The van der Waals surface area contributed by atoms with E-state index in [0.717, 1.165) is 5.56 Å². The summed E-state index contributed by atoms with van der Waals surface area (Å²) in [5.41, 5.74) is 7.01. The fourth-order valence-corrected chi connectivity index (χ4v) is 1.95. The van der Waals surface area contributed by atoms with Gasteiger partial charge in [0.05, 0.1) is 6.61 Å². The van der Waals surface area contributed by atoms with E-state index in [1.807, 2.05) is 6.07 Å². The van der Waals surface area contributed by atoms with Crippen molar-refractivity contribution in [2.24, 2.45) is 5.73 Å². The number of nitrogens with one attached hydrogen (secondary N) is 1. The van der Waals surface area contributed by atoms with E-state index in [0.29, 0.717) is 29.7 Å². The van der Waals surface area contributed by atoms with Crippen LogP contribution in [0, 0.1) is 5.41 Å². The molecule has 0 atom stereocenters. The van der Waals surface area contributed by atoms with Crippen LogP contribution in [0.3, 0.4) is 0 Å². The van der Waals surface area contributed by atoms with E-state index in [-0.39, 0.29) is 12.4 Å². The molecule has 1 aromatic carbocycles. The molecule has 0 aliphatic carbocycles. The smallest absolute Gasteiger partial charge is 0.122 e. The lowest BCUT2D eigenvalue weighted by atomic mass is 10.1. The van der Waals surface area contributed by atoms with Gasteiger partial charge in [0.2, 0.25) is 0 Å². The van der Waals surface area contributed by atoms with Crippen molar-refractivity contribution in [1.29, 1.82) is 5.41 Å². The van der Waals surface area contributed by atoms with E-state index in [1.165, 1.54) is 0 Å². The minimum absolute atomic E-state index is 0.0134. The van der Waals surface area contributed by atoms with Gasteiger partial charge in [-0.2, -0.15) is 0 Å². The number of hydrogen-bond acceptors (Lipinski definition) is 3. The molecule has 0 saturated carbocycles. The van der Waals surface area contributed by atoms with Crippen molar-refractivity contribution in [3.63, 3.8) is 0 Å². The lowest BCUT2D eigenvalue weighted by molar-refractivity contribution is 0.159. The third-order valence-corrected chi connectivity index (χ3v) is 3.21. The van der Waals surface area contributed by atoms with Gasteiger partial charge in [0, 0.05) is 29.7 Å². The van der Waals surface area contributed by atoms with Crippen LogP contribution in [0.5, 0.6) is 0 Å². The molecule has 0 heterocycles. The van der Waals surface area contributed by atoms with Crippen LogP contribution in [-0.4, -0.2) is 35.0 Å². The van der Waals surface area contributed by atoms with Gasteiger partial charge >= 0.3 is 0 Å². The summed E-state index contributed by atoms with van der Waals surface area (Å²) in [7, 11) is 0. The summed E-state index contributed by atoms with van der Waals surface area (Å²) < 4.78 is 0. The highest BCUT2D eigenvalue weighted by Gasteiger charge is 2.12. The first-order valence-corrected chi connectivity index (χ1v) is 6.31. The Morgan fingerprint density at radius 1 is 1.50 bits per heavy atom. The second-order valence-corrected chi connectivity index (χ2v) is 4.91. The third kappa shape index (κ3) is 3.98. The van der Waals surface area contributed by atoms with Gasteiger partial charge in [-0.05, 0) is 25.5 Å². The molecule has 0 aliphatic heterocycles. The number of nitrogen functional groups attached to an aromatic ring is 1.